The highest BCUT2D eigenvalue weighted by Gasteiger charge is 2.31. The molecule has 1 fully saturated rings. The molecule has 0 saturated carbocycles. The van der Waals surface area contributed by atoms with Crippen molar-refractivity contribution in [3.05, 3.63) is 21.4 Å². The minimum Gasteiger partial charge on any atom is -0.326 e. The molecule has 2 heterocycles. The number of nitrogens with two attached hydrogens (primary N) is 1. The number of nitrogens with zero attached hydrogens (tertiary/aromatic N) is 1. The first-order valence-corrected chi connectivity index (χ1v) is 7.72. The second-order valence-electron chi connectivity index (χ2n) is 6.59. The molecule has 18 heavy (non-hydrogen) atoms. The van der Waals surface area contributed by atoms with Crippen LogP contribution in [0.3, 0.4) is 0 Å². The number of hydrogen-bond acceptors (Lipinski definition) is 3. The quantitative estimate of drug-likeness (QED) is 0.908. The molecule has 2 nitrogen and oxygen atoms in total. The molecule has 0 bridgehead atoms. The van der Waals surface area contributed by atoms with Crippen molar-refractivity contribution < 1.29 is 0 Å². The summed E-state index contributed by atoms with van der Waals surface area (Å²) < 4.78 is 0. The average Bonchev–Trinajstić information content (AvgIpc) is 2.86. The Bertz CT molecular complexity index is 403. The van der Waals surface area contributed by atoms with Gasteiger partial charge in [-0.3, -0.25) is 4.90 Å². The second-order valence-corrected chi connectivity index (χ2v) is 7.93. The lowest BCUT2D eigenvalue weighted by Gasteiger charge is -2.27. The standard InChI is InChI=1S/C15H26N2S/c1-11-12(7-14(8-16)18-11)9-17-6-5-13(10-17)15(2,3)4/h7,13H,5-6,8-10,16H2,1-4H3. The van der Waals surface area contributed by atoms with E-state index < -0.39 is 0 Å². The molecule has 1 aliphatic rings. The van der Waals surface area contributed by atoms with Crippen LogP contribution in [0.15, 0.2) is 6.07 Å². The topological polar surface area (TPSA) is 29.3 Å². The number of thiophene rings is 1. The fourth-order valence-corrected chi connectivity index (χ4v) is 3.70. The van der Waals surface area contributed by atoms with E-state index >= 15 is 0 Å². The third kappa shape index (κ3) is 3.14. The number of aryl methyl sites for hydroxylation is 1. The third-order valence-corrected chi connectivity index (χ3v) is 5.28. The molecule has 2 rings (SSSR count). The van der Waals surface area contributed by atoms with Crippen LogP contribution in [0.25, 0.3) is 0 Å². The summed E-state index contributed by atoms with van der Waals surface area (Å²) in [5.74, 6) is 0.838. The Kier molecular flexibility index (Phi) is 4.15. The monoisotopic (exact) mass is 266 g/mol. The molecule has 1 aromatic rings. The molecule has 0 aromatic carbocycles. The first-order valence-electron chi connectivity index (χ1n) is 6.90. The zero-order chi connectivity index (χ0) is 13.3. The van der Waals surface area contributed by atoms with Gasteiger partial charge in [0.05, 0.1) is 0 Å². The van der Waals surface area contributed by atoms with Gasteiger partial charge in [0.2, 0.25) is 0 Å². The molecule has 1 aliphatic heterocycles. The summed E-state index contributed by atoms with van der Waals surface area (Å²) >= 11 is 1.85. The minimum absolute atomic E-state index is 0.445. The van der Waals surface area contributed by atoms with E-state index in [2.05, 4.69) is 38.7 Å². The Morgan fingerprint density at radius 3 is 2.67 bits per heavy atom. The second kappa shape index (κ2) is 5.32. The minimum atomic E-state index is 0.445. The Morgan fingerprint density at radius 2 is 2.17 bits per heavy atom. The summed E-state index contributed by atoms with van der Waals surface area (Å²) in [5.41, 5.74) is 7.64. The third-order valence-electron chi connectivity index (χ3n) is 4.16. The van der Waals surface area contributed by atoms with Crippen LogP contribution < -0.4 is 5.73 Å². The van der Waals surface area contributed by atoms with Crippen molar-refractivity contribution in [3.8, 4) is 0 Å². The van der Waals surface area contributed by atoms with E-state index in [0.29, 0.717) is 12.0 Å². The molecule has 1 aromatic heterocycles. The number of hydrogen-bond donors (Lipinski definition) is 1. The Labute approximate surface area is 115 Å². The maximum Gasteiger partial charge on any atom is 0.0274 e. The molecule has 102 valence electrons. The molecule has 0 aliphatic carbocycles. The molecule has 1 saturated heterocycles. The average molecular weight is 266 g/mol. The highest BCUT2D eigenvalue weighted by molar-refractivity contribution is 7.12. The number of rotatable bonds is 3. The van der Waals surface area contributed by atoms with Crippen LogP contribution in [-0.4, -0.2) is 18.0 Å². The van der Waals surface area contributed by atoms with Gasteiger partial charge in [0.1, 0.15) is 0 Å². The van der Waals surface area contributed by atoms with Crippen LogP contribution in [0.1, 0.15) is 42.5 Å². The highest BCUT2D eigenvalue weighted by Crippen LogP contribution is 2.34. The van der Waals surface area contributed by atoms with Crippen molar-refractivity contribution in [2.45, 2.75) is 47.2 Å². The lowest BCUT2D eigenvalue weighted by molar-refractivity contribution is 0.226. The van der Waals surface area contributed by atoms with Gasteiger partial charge in [0.15, 0.2) is 0 Å². The normalized spacial score (nSPS) is 21.7. The molecule has 0 radical (unpaired) electrons. The van der Waals surface area contributed by atoms with Gasteiger partial charge in [-0.15, -0.1) is 11.3 Å². The molecule has 1 atom stereocenters. The molecular formula is C15H26N2S. The lowest BCUT2D eigenvalue weighted by atomic mass is 9.80. The zero-order valence-electron chi connectivity index (χ0n) is 12.1. The van der Waals surface area contributed by atoms with E-state index in [1.54, 1.807) is 0 Å². The Morgan fingerprint density at radius 1 is 1.44 bits per heavy atom. The van der Waals surface area contributed by atoms with Gasteiger partial charge in [0, 0.05) is 29.4 Å². The van der Waals surface area contributed by atoms with Crippen LogP contribution >= 0.6 is 11.3 Å². The predicted molar refractivity (Wildman–Crippen MR) is 79.8 cm³/mol. The van der Waals surface area contributed by atoms with Crippen LogP contribution in [0.5, 0.6) is 0 Å². The van der Waals surface area contributed by atoms with Crippen LogP contribution in [0.2, 0.25) is 0 Å². The molecule has 2 N–H and O–H groups in total. The van der Waals surface area contributed by atoms with Gasteiger partial charge in [-0.05, 0) is 42.9 Å². The van der Waals surface area contributed by atoms with Gasteiger partial charge in [-0.1, -0.05) is 20.8 Å². The molecule has 3 heteroatoms. The SMILES string of the molecule is Cc1sc(CN)cc1CN1CCC(C(C)(C)C)C1. The summed E-state index contributed by atoms with van der Waals surface area (Å²) in [4.78, 5) is 5.36. The van der Waals surface area contributed by atoms with E-state index in [-0.39, 0.29) is 0 Å². The first kappa shape index (κ1) is 14.0. The van der Waals surface area contributed by atoms with Crippen molar-refractivity contribution in [1.82, 2.24) is 4.90 Å². The van der Waals surface area contributed by atoms with Gasteiger partial charge >= 0.3 is 0 Å². The van der Waals surface area contributed by atoms with Gasteiger partial charge in [-0.25, -0.2) is 0 Å². The Balaban J connectivity index is 1.97. The van der Waals surface area contributed by atoms with Crippen molar-refractivity contribution in [2.75, 3.05) is 13.1 Å². The van der Waals surface area contributed by atoms with Crippen molar-refractivity contribution in [2.24, 2.45) is 17.1 Å². The van der Waals surface area contributed by atoms with E-state index in [0.717, 1.165) is 12.5 Å². The number of likely N-dealkylation sites (tertiary alicyclic amines) is 1. The molecule has 0 amide bonds. The van der Waals surface area contributed by atoms with Crippen LogP contribution in [-0.2, 0) is 13.1 Å². The van der Waals surface area contributed by atoms with Crippen LogP contribution in [0.4, 0.5) is 0 Å². The first-order chi connectivity index (χ1) is 8.40. The smallest absolute Gasteiger partial charge is 0.0274 e. The zero-order valence-corrected chi connectivity index (χ0v) is 12.9. The van der Waals surface area contributed by atoms with E-state index in [4.69, 9.17) is 5.73 Å². The van der Waals surface area contributed by atoms with E-state index in [1.165, 1.54) is 34.8 Å². The summed E-state index contributed by atoms with van der Waals surface area (Å²) in [6.45, 7) is 13.6. The maximum absolute atomic E-state index is 5.72. The Hall–Kier alpha value is -0.380. The van der Waals surface area contributed by atoms with Gasteiger partial charge in [0.25, 0.3) is 0 Å². The summed E-state index contributed by atoms with van der Waals surface area (Å²) in [7, 11) is 0. The van der Waals surface area contributed by atoms with Gasteiger partial charge in [-0.2, -0.15) is 0 Å². The lowest BCUT2D eigenvalue weighted by Crippen LogP contribution is -2.25. The van der Waals surface area contributed by atoms with Crippen LogP contribution in [0, 0.1) is 18.3 Å². The van der Waals surface area contributed by atoms with Gasteiger partial charge < -0.3 is 5.73 Å². The fraction of sp³-hybridized carbons (Fsp3) is 0.733. The molecular weight excluding hydrogens is 240 g/mol. The molecule has 0 spiro atoms. The summed E-state index contributed by atoms with van der Waals surface area (Å²) in [6.07, 6.45) is 1.34. The van der Waals surface area contributed by atoms with E-state index in [1.807, 2.05) is 11.3 Å². The van der Waals surface area contributed by atoms with Crippen molar-refractivity contribution >= 4 is 11.3 Å². The highest BCUT2D eigenvalue weighted by atomic mass is 32.1. The van der Waals surface area contributed by atoms with Crippen molar-refractivity contribution in [1.29, 1.82) is 0 Å². The summed E-state index contributed by atoms with van der Waals surface area (Å²) in [5, 5.41) is 0. The van der Waals surface area contributed by atoms with Crippen molar-refractivity contribution in [3.63, 3.8) is 0 Å². The van der Waals surface area contributed by atoms with E-state index in [9.17, 15) is 0 Å². The molecule has 1 unspecified atom stereocenters. The maximum atomic E-state index is 5.72. The fourth-order valence-electron chi connectivity index (χ4n) is 2.77. The predicted octanol–water partition coefficient (Wildman–Crippen LogP) is 3.38. The summed E-state index contributed by atoms with van der Waals surface area (Å²) in [6, 6.07) is 2.30. The largest absolute Gasteiger partial charge is 0.326 e.